The third-order valence-electron chi connectivity index (χ3n) is 3.03. The van der Waals surface area contributed by atoms with Gasteiger partial charge in [-0.3, -0.25) is 20.0 Å². The van der Waals surface area contributed by atoms with E-state index >= 15 is 0 Å². The van der Waals surface area contributed by atoms with Crippen LogP contribution in [0.1, 0.15) is 0 Å². The van der Waals surface area contributed by atoms with E-state index in [-0.39, 0.29) is 0 Å². The molecule has 0 unspecified atom stereocenters. The van der Waals surface area contributed by atoms with Gasteiger partial charge in [-0.25, -0.2) is 0 Å². The largest absolute Gasteiger partial charge is 0.259 e. The summed E-state index contributed by atoms with van der Waals surface area (Å²) in [6.07, 6.45) is 3.57. The molecule has 4 heteroatoms. The Hall–Kier alpha value is -2.36. The van der Waals surface area contributed by atoms with Crippen molar-refractivity contribution >= 4 is 21.8 Å². The van der Waals surface area contributed by atoms with Gasteiger partial charge in [0.1, 0.15) is 6.67 Å². The van der Waals surface area contributed by atoms with Gasteiger partial charge in [0.05, 0.1) is 21.7 Å². The third kappa shape index (κ3) is 1.07. The van der Waals surface area contributed by atoms with Crippen molar-refractivity contribution in [2.24, 2.45) is 9.98 Å². The first-order valence-electron chi connectivity index (χ1n) is 5.45. The quantitative estimate of drug-likeness (QED) is 0.530. The summed E-state index contributed by atoms with van der Waals surface area (Å²) in [5, 5.41) is 3.98. The maximum absolute atomic E-state index is 4.44. The second-order valence-electron chi connectivity index (χ2n) is 3.95. The average molecular weight is 220 g/mol. The van der Waals surface area contributed by atoms with Crippen molar-refractivity contribution in [1.29, 1.82) is 0 Å². The molecule has 1 aliphatic heterocycles. The van der Waals surface area contributed by atoms with Gasteiger partial charge in [0.2, 0.25) is 0 Å². The molecule has 0 amide bonds. The van der Waals surface area contributed by atoms with E-state index < -0.39 is 0 Å². The van der Waals surface area contributed by atoms with Gasteiger partial charge in [0, 0.05) is 23.2 Å². The van der Waals surface area contributed by atoms with E-state index in [1.54, 1.807) is 12.4 Å². The molecular formula is C13H8N4. The zero-order chi connectivity index (χ0) is 11.2. The van der Waals surface area contributed by atoms with Crippen LogP contribution in [0.15, 0.2) is 46.6 Å². The number of aromatic nitrogens is 2. The highest BCUT2D eigenvalue weighted by atomic mass is 15.0. The Morgan fingerprint density at radius 2 is 1.29 bits per heavy atom. The molecule has 0 fully saturated rings. The van der Waals surface area contributed by atoms with E-state index in [2.05, 4.69) is 20.0 Å². The minimum atomic E-state index is 0.507. The highest BCUT2D eigenvalue weighted by Gasteiger charge is 2.10. The smallest absolute Gasteiger partial charge is 0.130 e. The monoisotopic (exact) mass is 220 g/mol. The fourth-order valence-corrected chi connectivity index (χ4v) is 2.32. The Kier molecular flexibility index (Phi) is 1.58. The fraction of sp³-hybridized carbons (Fsp3) is 0.0769. The molecule has 4 rings (SSSR count). The van der Waals surface area contributed by atoms with Crippen molar-refractivity contribution in [2.45, 2.75) is 0 Å². The van der Waals surface area contributed by atoms with Gasteiger partial charge >= 0.3 is 0 Å². The molecule has 0 aliphatic carbocycles. The maximum atomic E-state index is 4.44. The lowest BCUT2D eigenvalue weighted by Crippen LogP contribution is -2.24. The summed E-state index contributed by atoms with van der Waals surface area (Å²) in [6.45, 7) is 0.507. The summed E-state index contributed by atoms with van der Waals surface area (Å²) in [7, 11) is 0. The van der Waals surface area contributed by atoms with E-state index in [4.69, 9.17) is 0 Å². The number of fused-ring (bicyclic) bond motifs is 6. The Bertz CT molecular complexity index is 795. The molecule has 0 saturated heterocycles. The molecule has 0 saturated carbocycles. The predicted octanol–water partition coefficient (Wildman–Crippen LogP) is 0.993. The van der Waals surface area contributed by atoms with Gasteiger partial charge in [-0.15, -0.1) is 0 Å². The molecule has 0 bridgehead atoms. The maximum Gasteiger partial charge on any atom is 0.130 e. The number of benzene rings is 1. The number of hydrogen-bond donors (Lipinski definition) is 0. The Balaban J connectivity index is 2.50. The lowest BCUT2D eigenvalue weighted by atomic mass is 10.1. The second-order valence-corrected chi connectivity index (χ2v) is 3.95. The van der Waals surface area contributed by atoms with E-state index in [1.807, 2.05) is 24.3 Å². The van der Waals surface area contributed by atoms with E-state index in [0.29, 0.717) is 6.67 Å². The molecule has 0 spiro atoms. The number of pyridine rings is 2. The normalized spacial score (nSPS) is 13.4. The van der Waals surface area contributed by atoms with Gasteiger partial charge < -0.3 is 0 Å². The Morgan fingerprint density at radius 1 is 0.765 bits per heavy atom. The number of nitrogens with zero attached hydrogens (tertiary/aromatic N) is 4. The molecule has 80 valence electrons. The summed E-state index contributed by atoms with van der Waals surface area (Å²) in [6, 6.07) is 7.90. The van der Waals surface area contributed by atoms with Gasteiger partial charge in [-0.05, 0) is 24.3 Å². The van der Waals surface area contributed by atoms with Crippen LogP contribution in [0.25, 0.3) is 21.8 Å². The molecule has 1 aromatic carbocycles. The molecule has 0 radical (unpaired) electrons. The molecule has 3 heterocycles. The summed E-state index contributed by atoms with van der Waals surface area (Å²) in [5.74, 6) is 0. The second kappa shape index (κ2) is 3.07. The van der Waals surface area contributed by atoms with Crippen LogP contribution in [0.4, 0.5) is 0 Å². The topological polar surface area (TPSA) is 50.5 Å². The standard InChI is InChI=1S/C13H8N4/c1-3-8-10(14-5-1)11-9(4-2-6-15-11)13-12(8)16-7-17-13/h1-6H,7H2. The van der Waals surface area contributed by atoms with Gasteiger partial charge in [-0.2, -0.15) is 0 Å². The molecule has 4 nitrogen and oxygen atoms in total. The molecule has 1 aliphatic rings. The van der Waals surface area contributed by atoms with Crippen molar-refractivity contribution in [3.8, 4) is 0 Å². The van der Waals surface area contributed by atoms with Crippen LogP contribution in [0.2, 0.25) is 0 Å². The first-order chi connectivity index (χ1) is 8.45. The lowest BCUT2D eigenvalue weighted by molar-refractivity contribution is 1.06. The number of hydrogen-bond acceptors (Lipinski definition) is 4. The van der Waals surface area contributed by atoms with Crippen LogP contribution in [-0.2, 0) is 0 Å². The molecule has 3 aromatic rings. The highest BCUT2D eigenvalue weighted by Crippen LogP contribution is 2.15. The molecule has 17 heavy (non-hydrogen) atoms. The van der Waals surface area contributed by atoms with Crippen LogP contribution < -0.4 is 10.7 Å². The third-order valence-corrected chi connectivity index (χ3v) is 3.03. The van der Waals surface area contributed by atoms with Gasteiger partial charge in [0.25, 0.3) is 0 Å². The van der Waals surface area contributed by atoms with Gasteiger partial charge in [0.15, 0.2) is 0 Å². The first-order valence-corrected chi connectivity index (χ1v) is 5.45. The summed E-state index contributed by atoms with van der Waals surface area (Å²) < 4.78 is 0. The molecule has 2 aromatic heterocycles. The Morgan fingerprint density at radius 3 is 1.82 bits per heavy atom. The lowest BCUT2D eigenvalue weighted by Gasteiger charge is -2.01. The summed E-state index contributed by atoms with van der Waals surface area (Å²) >= 11 is 0. The van der Waals surface area contributed by atoms with Crippen LogP contribution in [0, 0.1) is 0 Å². The van der Waals surface area contributed by atoms with Crippen molar-refractivity contribution in [3.05, 3.63) is 47.4 Å². The molecular weight excluding hydrogens is 212 g/mol. The number of rotatable bonds is 0. The minimum Gasteiger partial charge on any atom is -0.259 e. The van der Waals surface area contributed by atoms with Gasteiger partial charge in [-0.1, -0.05) is 0 Å². The summed E-state index contributed by atoms with van der Waals surface area (Å²) in [5.41, 5.74) is 1.81. The SMILES string of the molecule is c1cnc2c(c1)c1c(c3cccnc32)=NCN=1. The average Bonchev–Trinajstić information content (AvgIpc) is 2.89. The first kappa shape index (κ1) is 8.75. The van der Waals surface area contributed by atoms with Crippen molar-refractivity contribution < 1.29 is 0 Å². The Labute approximate surface area is 96.4 Å². The predicted molar refractivity (Wildman–Crippen MR) is 64.2 cm³/mol. The fourth-order valence-electron chi connectivity index (χ4n) is 2.32. The summed E-state index contributed by atoms with van der Waals surface area (Å²) in [4.78, 5) is 17.7. The van der Waals surface area contributed by atoms with Crippen molar-refractivity contribution in [3.63, 3.8) is 0 Å². The highest BCUT2D eigenvalue weighted by molar-refractivity contribution is 6.02. The van der Waals surface area contributed by atoms with Crippen LogP contribution in [0.5, 0.6) is 0 Å². The van der Waals surface area contributed by atoms with E-state index in [9.17, 15) is 0 Å². The zero-order valence-corrected chi connectivity index (χ0v) is 8.96. The molecule has 0 atom stereocenters. The van der Waals surface area contributed by atoms with Crippen molar-refractivity contribution in [2.75, 3.05) is 6.67 Å². The van der Waals surface area contributed by atoms with E-state index in [0.717, 1.165) is 32.5 Å². The zero-order valence-electron chi connectivity index (χ0n) is 8.96. The van der Waals surface area contributed by atoms with E-state index in [1.165, 1.54) is 0 Å². The molecule has 0 N–H and O–H groups in total. The van der Waals surface area contributed by atoms with Crippen LogP contribution >= 0.6 is 0 Å². The minimum absolute atomic E-state index is 0.507. The van der Waals surface area contributed by atoms with Crippen molar-refractivity contribution in [1.82, 2.24) is 9.97 Å². The van der Waals surface area contributed by atoms with Crippen LogP contribution in [0.3, 0.4) is 0 Å². The van der Waals surface area contributed by atoms with Crippen LogP contribution in [-0.4, -0.2) is 16.6 Å².